The molecule has 210 valence electrons. The molecule has 1 aliphatic carbocycles. The fourth-order valence-electron chi connectivity index (χ4n) is 6.61. The van der Waals surface area contributed by atoms with Gasteiger partial charge >= 0.3 is 0 Å². The molecule has 0 saturated carbocycles. The van der Waals surface area contributed by atoms with Crippen molar-refractivity contribution in [2.45, 2.75) is 47.1 Å². The van der Waals surface area contributed by atoms with Gasteiger partial charge in [-0.05, 0) is 47.2 Å². The first-order valence-electron chi connectivity index (χ1n) is 15.2. The summed E-state index contributed by atoms with van der Waals surface area (Å²) in [5.74, 6) is 0.746. The molecule has 4 aromatic carbocycles. The van der Waals surface area contributed by atoms with Crippen LogP contribution in [0.4, 0.5) is 5.69 Å². The van der Waals surface area contributed by atoms with Crippen molar-refractivity contribution in [3.05, 3.63) is 107 Å². The molecule has 7 rings (SSSR count). The fourth-order valence-corrected chi connectivity index (χ4v) is 6.61. The maximum atomic E-state index is 13.7. The van der Waals surface area contributed by atoms with Gasteiger partial charge in [-0.1, -0.05) is 88.1 Å². The normalized spacial score (nSPS) is 16.6. The molecule has 0 N–H and O–H groups in total. The smallest absolute Gasteiger partial charge is 0.214 e. The lowest BCUT2D eigenvalue weighted by molar-refractivity contribution is -0.437. The number of carbonyl (C=O) groups is 1. The standard InChI is InChI=1S/C38H36N2O2/c1-23(2)17-19-39-31-15-7-11-25-9-5-13-27(35(25)31)33(39)21-29-37(41)30(38(29)42)22-34-28-14-6-10-26-12-8-16-32(36(26)28)40(34)20-18-24(3)4/h5-16,21-24H,17-20H2,1-4H3. The third kappa shape index (κ3) is 4.12. The summed E-state index contributed by atoms with van der Waals surface area (Å²) in [4.78, 5) is 13.7. The number of benzene rings is 4. The predicted molar refractivity (Wildman–Crippen MR) is 171 cm³/mol. The molecule has 0 spiro atoms. The first kappa shape index (κ1) is 26.5. The highest BCUT2D eigenvalue weighted by atomic mass is 16.3. The van der Waals surface area contributed by atoms with E-state index in [0.29, 0.717) is 11.8 Å². The first-order chi connectivity index (χ1) is 20.3. The molecule has 4 nitrogen and oxygen atoms in total. The number of rotatable bonds is 8. The molecule has 0 fully saturated rings. The highest BCUT2D eigenvalue weighted by molar-refractivity contribution is 6.29. The molecule has 4 heteroatoms. The van der Waals surface area contributed by atoms with Crippen molar-refractivity contribution in [3.8, 4) is 0 Å². The van der Waals surface area contributed by atoms with Crippen molar-refractivity contribution in [2.24, 2.45) is 11.8 Å². The molecule has 0 saturated heterocycles. The number of Topliss-reactive ketones (excluding diaryl/α,β-unsaturated/α-hetero) is 1. The predicted octanol–water partition coefficient (Wildman–Crippen LogP) is 6.81. The van der Waals surface area contributed by atoms with Crippen LogP contribution in [0.15, 0.2) is 95.8 Å². The molecule has 2 aliphatic rings. The fraction of sp³-hybridized carbons (Fsp3) is 0.263. The van der Waals surface area contributed by atoms with Gasteiger partial charge in [0.15, 0.2) is 5.78 Å². The topological polar surface area (TPSA) is 48.1 Å². The second kappa shape index (κ2) is 10.1. The third-order valence-corrected chi connectivity index (χ3v) is 8.88. The van der Waals surface area contributed by atoms with Crippen molar-refractivity contribution >= 4 is 55.7 Å². The number of aromatic nitrogens is 1. The Morgan fingerprint density at radius 2 is 1.48 bits per heavy atom. The van der Waals surface area contributed by atoms with Crippen LogP contribution in [-0.4, -0.2) is 27.2 Å². The summed E-state index contributed by atoms with van der Waals surface area (Å²) >= 11 is 0. The first-order valence-corrected chi connectivity index (χ1v) is 15.2. The number of hydrogen-bond acceptors (Lipinski definition) is 2. The number of allylic oxidation sites excluding steroid dienone is 3. The lowest BCUT2D eigenvalue weighted by atomic mass is 9.86. The summed E-state index contributed by atoms with van der Waals surface area (Å²) in [6.07, 6.45) is 5.73. The minimum Gasteiger partial charge on any atom is -0.871 e. The van der Waals surface area contributed by atoms with Gasteiger partial charge in [-0.25, -0.2) is 0 Å². The van der Waals surface area contributed by atoms with Crippen molar-refractivity contribution in [2.75, 3.05) is 6.54 Å². The average Bonchev–Trinajstić information content (AvgIpc) is 3.46. The van der Waals surface area contributed by atoms with Crippen LogP contribution >= 0.6 is 0 Å². The van der Waals surface area contributed by atoms with E-state index in [9.17, 15) is 9.90 Å². The van der Waals surface area contributed by atoms with Crippen molar-refractivity contribution in [1.29, 1.82) is 0 Å². The Hall–Kier alpha value is -4.44. The average molecular weight is 553 g/mol. The molecule has 0 atom stereocenters. The van der Waals surface area contributed by atoms with Crippen LogP contribution in [0.5, 0.6) is 0 Å². The van der Waals surface area contributed by atoms with Crippen molar-refractivity contribution < 1.29 is 14.5 Å². The van der Waals surface area contributed by atoms with E-state index in [2.05, 4.69) is 110 Å². The Morgan fingerprint density at radius 3 is 2.19 bits per heavy atom. The van der Waals surface area contributed by atoms with Crippen LogP contribution in [-0.2, 0) is 11.3 Å². The molecule has 5 aromatic rings. The number of nitrogens with zero attached hydrogens (tertiary/aromatic N) is 2. The Bertz CT molecular complexity index is 2060. The zero-order chi connectivity index (χ0) is 29.1. The monoisotopic (exact) mass is 552 g/mol. The quantitative estimate of drug-likeness (QED) is 0.157. The number of hydrogen-bond donors (Lipinski definition) is 0. The Labute approximate surface area is 246 Å². The van der Waals surface area contributed by atoms with Crippen molar-refractivity contribution in [3.63, 3.8) is 0 Å². The molecule has 1 aliphatic heterocycles. The number of aryl methyl sites for hydroxylation is 1. The molecule has 0 amide bonds. The number of ketones is 1. The van der Waals surface area contributed by atoms with Gasteiger partial charge in [0.2, 0.25) is 11.4 Å². The van der Waals surface area contributed by atoms with Crippen molar-refractivity contribution in [1.82, 2.24) is 4.57 Å². The van der Waals surface area contributed by atoms with Gasteiger partial charge in [-0.2, -0.15) is 4.58 Å². The summed E-state index contributed by atoms with van der Waals surface area (Å²) in [5.41, 5.74) is 4.89. The van der Waals surface area contributed by atoms with Crippen LogP contribution in [0.25, 0.3) is 38.5 Å². The minimum absolute atomic E-state index is 0.168. The van der Waals surface area contributed by atoms with Gasteiger partial charge in [0.1, 0.15) is 6.54 Å². The maximum absolute atomic E-state index is 13.7. The summed E-state index contributed by atoms with van der Waals surface area (Å²) in [5, 5.41) is 20.5. The van der Waals surface area contributed by atoms with Gasteiger partial charge in [0, 0.05) is 57.9 Å². The zero-order valence-corrected chi connectivity index (χ0v) is 24.8. The molecule has 2 heterocycles. The van der Waals surface area contributed by atoms with E-state index in [1.807, 2.05) is 12.2 Å². The summed E-state index contributed by atoms with van der Waals surface area (Å²) in [7, 11) is 0. The summed E-state index contributed by atoms with van der Waals surface area (Å²) in [6, 6.07) is 25.3. The van der Waals surface area contributed by atoms with Gasteiger partial charge in [0.25, 0.3) is 0 Å². The van der Waals surface area contributed by atoms with E-state index >= 15 is 0 Å². The Balaban J connectivity index is 1.38. The minimum atomic E-state index is -0.168. The van der Waals surface area contributed by atoms with E-state index in [4.69, 9.17) is 0 Å². The zero-order valence-electron chi connectivity index (χ0n) is 24.8. The molecule has 42 heavy (non-hydrogen) atoms. The summed E-state index contributed by atoms with van der Waals surface area (Å²) in [6.45, 7) is 10.6. The molecular weight excluding hydrogens is 516 g/mol. The number of carbonyl (C=O) groups excluding carboxylic acids is 1. The van der Waals surface area contributed by atoms with Crippen LogP contribution in [0, 0.1) is 11.8 Å². The van der Waals surface area contributed by atoms with Crippen LogP contribution in [0.1, 0.15) is 46.1 Å². The Morgan fingerprint density at radius 1 is 0.810 bits per heavy atom. The van der Waals surface area contributed by atoms with Crippen LogP contribution in [0.2, 0.25) is 0 Å². The molecule has 0 radical (unpaired) electrons. The molecule has 0 unspecified atom stereocenters. The van der Waals surface area contributed by atoms with Gasteiger partial charge < -0.3 is 9.67 Å². The third-order valence-electron chi connectivity index (χ3n) is 8.88. The highest BCUT2D eigenvalue weighted by Crippen LogP contribution is 2.38. The summed E-state index contributed by atoms with van der Waals surface area (Å²) < 4.78 is 4.59. The van der Waals surface area contributed by atoms with E-state index in [1.165, 1.54) is 21.5 Å². The molecule has 0 bridgehead atoms. The van der Waals surface area contributed by atoms with Crippen LogP contribution < -0.4 is 10.5 Å². The largest absolute Gasteiger partial charge is 0.871 e. The highest BCUT2D eigenvalue weighted by Gasteiger charge is 2.34. The lowest BCUT2D eigenvalue weighted by Gasteiger charge is -2.28. The second-order valence-corrected chi connectivity index (χ2v) is 12.6. The van der Waals surface area contributed by atoms with Gasteiger partial charge in [-0.3, -0.25) is 4.79 Å². The van der Waals surface area contributed by atoms with Gasteiger partial charge in [0.05, 0.1) is 10.9 Å². The second-order valence-electron chi connectivity index (χ2n) is 12.6. The maximum Gasteiger partial charge on any atom is 0.214 e. The Kier molecular flexibility index (Phi) is 6.38. The lowest BCUT2D eigenvalue weighted by Crippen LogP contribution is -2.32. The molecular formula is C38H36N2O2. The SMILES string of the molecule is CC(C)CCn1/c(=C/C2=C([O-])C(=C/C3=[N+](CCC(C)C)c4cccc5cccc3c45)/C2=O)c2cccc3cccc1c32. The van der Waals surface area contributed by atoms with E-state index in [-0.39, 0.29) is 22.7 Å². The van der Waals surface area contributed by atoms with E-state index in [0.717, 1.165) is 59.1 Å². The molecule has 1 aromatic heterocycles. The van der Waals surface area contributed by atoms with E-state index < -0.39 is 0 Å². The van der Waals surface area contributed by atoms with Crippen LogP contribution in [0.3, 0.4) is 0 Å². The van der Waals surface area contributed by atoms with Gasteiger partial charge in [-0.15, -0.1) is 0 Å². The van der Waals surface area contributed by atoms with E-state index in [1.54, 1.807) is 0 Å².